The van der Waals surface area contributed by atoms with Crippen LogP contribution in [0.5, 0.6) is 0 Å². The number of carboxylic acid groups (broad SMARTS) is 1. The van der Waals surface area contributed by atoms with Crippen LogP contribution < -0.4 is 0 Å². The van der Waals surface area contributed by atoms with Gasteiger partial charge in [-0.15, -0.1) is 0 Å². The van der Waals surface area contributed by atoms with Gasteiger partial charge in [0.1, 0.15) is 0 Å². The molecule has 140 valence electrons. The number of benzene rings is 1. The van der Waals surface area contributed by atoms with E-state index >= 15 is 0 Å². The Balaban J connectivity index is 1.71. The molecule has 1 aromatic carbocycles. The zero-order chi connectivity index (χ0) is 19.5. The minimum Gasteiger partial charge on any atom is -0.481 e. The van der Waals surface area contributed by atoms with Gasteiger partial charge in [0.25, 0.3) is 0 Å². The Morgan fingerprint density at radius 1 is 1.14 bits per heavy atom. The molecule has 0 amide bonds. The first-order chi connectivity index (χ1) is 13.6. The summed E-state index contributed by atoms with van der Waals surface area (Å²) in [5.41, 5.74) is 4.16. The number of pyridine rings is 2. The molecular weight excluding hydrogens is 350 g/mol. The fraction of sp³-hybridized carbons (Fsp3) is 0.304. The van der Waals surface area contributed by atoms with E-state index in [-0.39, 0.29) is 12.3 Å². The van der Waals surface area contributed by atoms with Crippen LogP contribution in [-0.2, 0) is 4.79 Å². The van der Waals surface area contributed by atoms with Crippen molar-refractivity contribution in [3.05, 3.63) is 59.9 Å². The average Bonchev–Trinajstić information content (AvgIpc) is 2.73. The van der Waals surface area contributed by atoms with E-state index in [1.165, 1.54) is 0 Å². The van der Waals surface area contributed by atoms with Crippen molar-refractivity contribution in [2.75, 3.05) is 0 Å². The molecule has 0 unspecified atom stereocenters. The molecule has 3 aromatic rings. The Bertz CT molecular complexity index is 1060. The summed E-state index contributed by atoms with van der Waals surface area (Å²) in [5, 5.41) is 19.3. The van der Waals surface area contributed by atoms with Crippen molar-refractivity contribution in [2.45, 2.75) is 38.0 Å². The molecule has 0 saturated heterocycles. The summed E-state index contributed by atoms with van der Waals surface area (Å²) in [6, 6.07) is 15.7. The van der Waals surface area contributed by atoms with Crippen LogP contribution in [0.2, 0.25) is 0 Å². The van der Waals surface area contributed by atoms with Gasteiger partial charge in [-0.3, -0.25) is 14.8 Å². The van der Waals surface area contributed by atoms with Crippen molar-refractivity contribution in [1.29, 1.82) is 5.26 Å². The maximum Gasteiger partial charge on any atom is 0.303 e. The molecular formula is C23H21N3O2. The van der Waals surface area contributed by atoms with Crippen LogP contribution in [0.1, 0.15) is 49.3 Å². The van der Waals surface area contributed by atoms with Crippen molar-refractivity contribution in [2.24, 2.45) is 5.92 Å². The summed E-state index contributed by atoms with van der Waals surface area (Å²) >= 11 is 0. The molecule has 28 heavy (non-hydrogen) atoms. The van der Waals surface area contributed by atoms with Crippen LogP contribution in [-0.4, -0.2) is 21.0 Å². The second-order valence-electron chi connectivity index (χ2n) is 7.48. The number of aromatic nitrogens is 2. The second-order valence-corrected chi connectivity index (χ2v) is 7.48. The molecule has 5 heteroatoms. The summed E-state index contributed by atoms with van der Waals surface area (Å²) in [7, 11) is 0. The molecule has 4 rings (SSSR count). The summed E-state index contributed by atoms with van der Waals surface area (Å²) in [5.74, 6) is -0.117. The summed E-state index contributed by atoms with van der Waals surface area (Å²) in [4.78, 5) is 20.5. The van der Waals surface area contributed by atoms with Gasteiger partial charge < -0.3 is 5.11 Å². The maximum atomic E-state index is 11.0. The number of carbonyl (C=O) groups is 1. The minimum atomic E-state index is -0.710. The van der Waals surface area contributed by atoms with Crippen LogP contribution >= 0.6 is 0 Å². The zero-order valence-corrected chi connectivity index (χ0v) is 15.5. The van der Waals surface area contributed by atoms with E-state index in [4.69, 9.17) is 10.1 Å². The van der Waals surface area contributed by atoms with Crippen LogP contribution in [0, 0.1) is 17.2 Å². The Hall–Kier alpha value is -3.26. The Kier molecular flexibility index (Phi) is 5.03. The predicted molar refractivity (Wildman–Crippen MR) is 107 cm³/mol. The highest BCUT2D eigenvalue weighted by Crippen LogP contribution is 2.38. The SMILES string of the molecule is N#Cc1cccc(-c2nc(C3CCC(CC(=O)O)CC3)cc3cccnc23)c1. The van der Waals surface area contributed by atoms with Gasteiger partial charge in [0.05, 0.1) is 22.8 Å². The van der Waals surface area contributed by atoms with Crippen molar-refractivity contribution in [3.63, 3.8) is 0 Å². The summed E-state index contributed by atoms with van der Waals surface area (Å²) in [6.07, 6.45) is 5.77. The van der Waals surface area contributed by atoms with E-state index < -0.39 is 5.97 Å². The molecule has 1 fully saturated rings. The Labute approximate surface area is 163 Å². The number of rotatable bonds is 4. The molecule has 0 aliphatic heterocycles. The molecule has 0 radical (unpaired) electrons. The van der Waals surface area contributed by atoms with Crippen molar-refractivity contribution < 1.29 is 9.90 Å². The Morgan fingerprint density at radius 2 is 1.96 bits per heavy atom. The van der Waals surface area contributed by atoms with Gasteiger partial charge in [0.15, 0.2) is 0 Å². The number of fused-ring (bicyclic) bond motifs is 1. The van der Waals surface area contributed by atoms with E-state index in [1.54, 1.807) is 12.3 Å². The van der Waals surface area contributed by atoms with E-state index in [2.05, 4.69) is 17.1 Å². The summed E-state index contributed by atoms with van der Waals surface area (Å²) in [6.45, 7) is 0. The Morgan fingerprint density at radius 3 is 2.71 bits per heavy atom. The molecule has 1 aliphatic rings. The number of nitriles is 1. The predicted octanol–water partition coefficient (Wildman–Crippen LogP) is 4.92. The van der Waals surface area contributed by atoms with E-state index in [0.717, 1.165) is 53.5 Å². The molecule has 1 aliphatic carbocycles. The normalized spacial score (nSPS) is 19.2. The number of hydrogen-bond donors (Lipinski definition) is 1. The van der Waals surface area contributed by atoms with Gasteiger partial charge in [-0.1, -0.05) is 18.2 Å². The van der Waals surface area contributed by atoms with E-state index in [1.807, 2.05) is 30.3 Å². The number of nitrogens with zero attached hydrogens (tertiary/aromatic N) is 3. The molecule has 2 heterocycles. The van der Waals surface area contributed by atoms with E-state index in [0.29, 0.717) is 11.5 Å². The van der Waals surface area contributed by atoms with Gasteiger partial charge in [-0.05, 0) is 55.9 Å². The van der Waals surface area contributed by atoms with Gasteiger partial charge >= 0.3 is 5.97 Å². The first-order valence-corrected chi connectivity index (χ1v) is 9.62. The monoisotopic (exact) mass is 371 g/mol. The largest absolute Gasteiger partial charge is 0.481 e. The second kappa shape index (κ2) is 7.77. The van der Waals surface area contributed by atoms with Crippen LogP contribution in [0.15, 0.2) is 48.7 Å². The van der Waals surface area contributed by atoms with Crippen molar-refractivity contribution in [1.82, 2.24) is 9.97 Å². The van der Waals surface area contributed by atoms with Crippen LogP contribution in [0.3, 0.4) is 0 Å². The fourth-order valence-electron chi connectivity index (χ4n) is 4.16. The fourth-order valence-corrected chi connectivity index (χ4v) is 4.16. The highest BCUT2D eigenvalue weighted by Gasteiger charge is 2.25. The molecule has 1 N–H and O–H groups in total. The molecule has 0 bridgehead atoms. The lowest BCUT2D eigenvalue weighted by atomic mass is 9.79. The average molecular weight is 371 g/mol. The van der Waals surface area contributed by atoms with Gasteiger partial charge in [-0.25, -0.2) is 0 Å². The quantitative estimate of drug-likeness (QED) is 0.703. The topological polar surface area (TPSA) is 86.9 Å². The first-order valence-electron chi connectivity index (χ1n) is 9.62. The van der Waals surface area contributed by atoms with Crippen LogP contribution in [0.4, 0.5) is 0 Å². The third kappa shape index (κ3) is 3.72. The molecule has 0 spiro atoms. The first kappa shape index (κ1) is 18.1. The third-order valence-corrected chi connectivity index (χ3v) is 5.60. The standard InChI is InChI=1S/C23H21N3O2/c24-14-16-3-1-4-18(11-16)23-22-19(5-2-10-25-22)13-20(26-23)17-8-6-15(7-9-17)12-21(27)28/h1-5,10-11,13,15,17H,6-9,12H2,(H,27,28). The minimum absolute atomic E-state index is 0.258. The number of hydrogen-bond acceptors (Lipinski definition) is 4. The van der Waals surface area contributed by atoms with Gasteiger partial charge in [0.2, 0.25) is 0 Å². The van der Waals surface area contributed by atoms with Crippen LogP contribution in [0.25, 0.3) is 22.2 Å². The summed E-state index contributed by atoms with van der Waals surface area (Å²) < 4.78 is 0. The van der Waals surface area contributed by atoms with Gasteiger partial charge in [-0.2, -0.15) is 5.26 Å². The molecule has 2 aromatic heterocycles. The lowest BCUT2D eigenvalue weighted by molar-refractivity contribution is -0.138. The highest BCUT2D eigenvalue weighted by molar-refractivity contribution is 5.91. The van der Waals surface area contributed by atoms with E-state index in [9.17, 15) is 10.1 Å². The smallest absolute Gasteiger partial charge is 0.303 e. The lowest BCUT2D eigenvalue weighted by Crippen LogP contribution is -2.17. The lowest BCUT2D eigenvalue weighted by Gasteiger charge is -2.27. The maximum absolute atomic E-state index is 11.0. The highest BCUT2D eigenvalue weighted by atomic mass is 16.4. The molecule has 5 nitrogen and oxygen atoms in total. The zero-order valence-electron chi connectivity index (χ0n) is 15.5. The molecule has 1 saturated carbocycles. The van der Waals surface area contributed by atoms with Crippen molar-refractivity contribution in [3.8, 4) is 17.3 Å². The van der Waals surface area contributed by atoms with Crippen molar-refractivity contribution >= 4 is 16.9 Å². The number of carboxylic acids is 1. The molecule has 0 atom stereocenters. The van der Waals surface area contributed by atoms with Gasteiger partial charge in [0, 0.05) is 35.2 Å². The third-order valence-electron chi connectivity index (χ3n) is 5.60. The number of aliphatic carboxylic acids is 1.